The van der Waals surface area contributed by atoms with Crippen molar-refractivity contribution >= 4 is 23.5 Å². The Hall–Kier alpha value is -2.47. The van der Waals surface area contributed by atoms with Gasteiger partial charge in [0.1, 0.15) is 11.5 Å². The van der Waals surface area contributed by atoms with Crippen molar-refractivity contribution in [2.75, 3.05) is 7.11 Å². The number of carbonyl (C=O) groups is 2. The number of aryl methyl sites for hydroxylation is 1. The molecule has 2 N–H and O–H groups in total. The number of ether oxygens (including phenoxy) is 1. The molecule has 6 nitrogen and oxygen atoms in total. The molecule has 0 fully saturated rings. The zero-order chi connectivity index (χ0) is 16.8. The van der Waals surface area contributed by atoms with E-state index >= 15 is 0 Å². The van der Waals surface area contributed by atoms with Gasteiger partial charge in [0, 0.05) is 12.8 Å². The quantitative estimate of drug-likeness (QED) is 0.811. The van der Waals surface area contributed by atoms with Crippen LogP contribution in [0.1, 0.15) is 23.8 Å². The lowest BCUT2D eigenvalue weighted by Crippen LogP contribution is -2.33. The monoisotopic (exact) mass is 337 g/mol. The first kappa shape index (κ1) is 16.9. The van der Waals surface area contributed by atoms with Gasteiger partial charge in [-0.1, -0.05) is 17.7 Å². The summed E-state index contributed by atoms with van der Waals surface area (Å²) in [4.78, 5) is 23.4. The molecule has 1 unspecified atom stereocenters. The van der Waals surface area contributed by atoms with Gasteiger partial charge in [-0.3, -0.25) is 4.79 Å². The van der Waals surface area contributed by atoms with Crippen LogP contribution >= 0.6 is 11.6 Å². The Morgan fingerprint density at radius 2 is 2.17 bits per heavy atom. The third kappa shape index (κ3) is 4.50. The molecule has 23 heavy (non-hydrogen) atoms. The fourth-order valence-corrected chi connectivity index (χ4v) is 2.34. The average Bonchev–Trinajstić information content (AvgIpc) is 3.03. The second kappa shape index (κ2) is 7.69. The third-order valence-electron chi connectivity index (χ3n) is 3.24. The summed E-state index contributed by atoms with van der Waals surface area (Å²) in [5.74, 6) is -0.457. The van der Waals surface area contributed by atoms with E-state index in [2.05, 4.69) is 5.32 Å². The first-order valence-corrected chi connectivity index (χ1v) is 7.27. The summed E-state index contributed by atoms with van der Waals surface area (Å²) < 4.78 is 10.2. The van der Waals surface area contributed by atoms with E-state index in [1.165, 1.54) is 19.4 Å². The summed E-state index contributed by atoms with van der Waals surface area (Å²) in [7, 11) is 1.46. The minimum atomic E-state index is -1.18. The lowest BCUT2D eigenvalue weighted by atomic mass is 10.1. The maximum atomic E-state index is 12.0. The summed E-state index contributed by atoms with van der Waals surface area (Å²) in [5.41, 5.74) is 0.370. The maximum Gasteiger partial charge on any atom is 0.330 e. The Labute approximate surface area is 138 Å². The molecule has 0 spiro atoms. The summed E-state index contributed by atoms with van der Waals surface area (Å²) in [6.45, 7) is 0. The van der Waals surface area contributed by atoms with Crippen molar-refractivity contribution in [1.29, 1.82) is 0 Å². The number of carbonyl (C=O) groups excluding carboxylic acids is 1. The normalized spacial score (nSPS) is 11.7. The predicted octanol–water partition coefficient (Wildman–Crippen LogP) is 2.82. The molecule has 0 saturated heterocycles. The number of benzene rings is 1. The van der Waals surface area contributed by atoms with Crippen LogP contribution in [0.3, 0.4) is 0 Å². The number of hydrogen-bond acceptors (Lipinski definition) is 4. The molecular weight excluding hydrogens is 322 g/mol. The van der Waals surface area contributed by atoms with Crippen LogP contribution in [-0.4, -0.2) is 24.1 Å². The van der Waals surface area contributed by atoms with E-state index in [1.54, 1.807) is 24.3 Å². The molecule has 0 aliphatic rings. The molecule has 2 aromatic rings. The fraction of sp³-hybridized carbons (Fsp3) is 0.250. The van der Waals surface area contributed by atoms with Gasteiger partial charge >= 0.3 is 5.97 Å². The van der Waals surface area contributed by atoms with Gasteiger partial charge in [-0.05, 0) is 29.8 Å². The van der Waals surface area contributed by atoms with E-state index in [4.69, 9.17) is 20.8 Å². The minimum Gasteiger partial charge on any atom is -0.495 e. The van der Waals surface area contributed by atoms with Gasteiger partial charge < -0.3 is 19.6 Å². The van der Waals surface area contributed by atoms with Crippen LogP contribution in [0.4, 0.5) is 0 Å². The molecular formula is C16H16ClNO5. The molecule has 1 aromatic heterocycles. The van der Waals surface area contributed by atoms with Gasteiger partial charge in [-0.2, -0.15) is 0 Å². The molecule has 7 heteroatoms. The highest BCUT2D eigenvalue weighted by molar-refractivity contribution is 6.32. The van der Waals surface area contributed by atoms with E-state index in [0.717, 1.165) is 0 Å². The Bertz CT molecular complexity index is 684. The lowest BCUT2D eigenvalue weighted by Gasteiger charge is -2.16. The number of hydrogen-bond donors (Lipinski definition) is 2. The van der Waals surface area contributed by atoms with Crippen LogP contribution in [0.5, 0.6) is 5.75 Å². The second-order valence-electron chi connectivity index (χ2n) is 4.81. The van der Waals surface area contributed by atoms with Gasteiger partial charge in [-0.15, -0.1) is 0 Å². The van der Waals surface area contributed by atoms with Crippen molar-refractivity contribution in [1.82, 2.24) is 5.32 Å². The van der Waals surface area contributed by atoms with Crippen LogP contribution in [0.25, 0.3) is 0 Å². The molecule has 0 saturated carbocycles. The van der Waals surface area contributed by atoms with Crippen molar-refractivity contribution < 1.29 is 23.8 Å². The van der Waals surface area contributed by atoms with Crippen molar-refractivity contribution in [3.8, 4) is 5.75 Å². The number of halogens is 1. The van der Waals surface area contributed by atoms with Gasteiger partial charge in [0.2, 0.25) is 5.91 Å². The lowest BCUT2D eigenvalue weighted by molar-refractivity contribution is -0.142. The number of carboxylic acid groups (broad SMARTS) is 1. The molecule has 2 rings (SSSR count). The van der Waals surface area contributed by atoms with Gasteiger partial charge in [0.25, 0.3) is 0 Å². The number of methoxy groups -OCH3 is 1. The summed E-state index contributed by atoms with van der Waals surface area (Å²) in [5, 5.41) is 12.1. The molecule has 0 aliphatic carbocycles. The number of furan rings is 1. The summed E-state index contributed by atoms with van der Waals surface area (Å²) in [6.07, 6.45) is 2.04. The summed E-state index contributed by atoms with van der Waals surface area (Å²) >= 11 is 6.00. The van der Waals surface area contributed by atoms with Crippen LogP contribution < -0.4 is 10.1 Å². The highest BCUT2D eigenvalue weighted by Gasteiger charge is 2.23. The molecule has 0 bridgehead atoms. The van der Waals surface area contributed by atoms with E-state index in [-0.39, 0.29) is 17.4 Å². The molecule has 0 radical (unpaired) electrons. The van der Waals surface area contributed by atoms with Crippen LogP contribution in [0, 0.1) is 0 Å². The number of carboxylic acids is 1. The third-order valence-corrected chi connectivity index (χ3v) is 3.54. The maximum absolute atomic E-state index is 12.0. The molecule has 1 amide bonds. The van der Waals surface area contributed by atoms with E-state index in [1.807, 2.05) is 0 Å². The van der Waals surface area contributed by atoms with Crippen LogP contribution in [-0.2, 0) is 16.0 Å². The predicted molar refractivity (Wildman–Crippen MR) is 83.6 cm³/mol. The van der Waals surface area contributed by atoms with Gasteiger partial charge in [0.15, 0.2) is 6.04 Å². The zero-order valence-corrected chi connectivity index (χ0v) is 13.2. The Morgan fingerprint density at radius 1 is 1.39 bits per heavy atom. The Morgan fingerprint density at radius 3 is 2.74 bits per heavy atom. The Kier molecular flexibility index (Phi) is 5.65. The highest BCUT2D eigenvalue weighted by Crippen LogP contribution is 2.27. The average molecular weight is 338 g/mol. The van der Waals surface area contributed by atoms with Crippen molar-refractivity contribution in [2.24, 2.45) is 0 Å². The Balaban J connectivity index is 2.04. The fourth-order valence-electron chi connectivity index (χ4n) is 2.07. The molecule has 1 atom stereocenters. The van der Waals surface area contributed by atoms with Gasteiger partial charge in [0.05, 0.1) is 18.4 Å². The number of aliphatic carboxylic acids is 1. The van der Waals surface area contributed by atoms with E-state index < -0.39 is 12.0 Å². The summed E-state index contributed by atoms with van der Waals surface area (Å²) in [6, 6.07) is 6.88. The van der Waals surface area contributed by atoms with Gasteiger partial charge in [-0.25, -0.2) is 4.79 Å². The SMILES string of the molecule is COc1ccc(C(NC(=O)CCc2ccco2)C(=O)O)cc1Cl. The second-order valence-corrected chi connectivity index (χ2v) is 5.22. The molecule has 1 aromatic carbocycles. The van der Waals surface area contributed by atoms with Crippen molar-refractivity contribution in [3.05, 3.63) is 52.9 Å². The number of nitrogens with one attached hydrogen (secondary N) is 1. The highest BCUT2D eigenvalue weighted by atomic mass is 35.5. The van der Waals surface area contributed by atoms with E-state index in [0.29, 0.717) is 23.5 Å². The zero-order valence-electron chi connectivity index (χ0n) is 12.4. The van der Waals surface area contributed by atoms with Crippen molar-refractivity contribution in [2.45, 2.75) is 18.9 Å². The topological polar surface area (TPSA) is 88.8 Å². The first-order valence-electron chi connectivity index (χ1n) is 6.89. The van der Waals surface area contributed by atoms with Crippen molar-refractivity contribution in [3.63, 3.8) is 0 Å². The van der Waals surface area contributed by atoms with Crippen LogP contribution in [0.2, 0.25) is 5.02 Å². The number of amides is 1. The van der Waals surface area contributed by atoms with Crippen LogP contribution in [0.15, 0.2) is 41.0 Å². The largest absolute Gasteiger partial charge is 0.495 e. The smallest absolute Gasteiger partial charge is 0.330 e. The number of rotatable bonds is 7. The van der Waals surface area contributed by atoms with E-state index in [9.17, 15) is 14.7 Å². The first-order chi connectivity index (χ1) is 11.0. The molecule has 1 heterocycles. The standard InChI is InChI=1S/C16H16ClNO5/c1-22-13-6-4-10(9-12(13)17)15(16(20)21)18-14(19)7-5-11-3-2-8-23-11/h2-4,6,8-9,15H,5,7H2,1H3,(H,18,19)(H,20,21). The molecule has 0 aliphatic heterocycles. The minimum absolute atomic E-state index is 0.126. The molecule has 122 valence electrons.